The summed E-state index contributed by atoms with van der Waals surface area (Å²) in [4.78, 5) is 11.4. The Morgan fingerprint density at radius 1 is 1.38 bits per heavy atom. The van der Waals surface area contributed by atoms with E-state index in [4.69, 9.17) is 9.47 Å². The molecule has 0 spiro atoms. The lowest BCUT2D eigenvalue weighted by atomic mass is 10.1. The summed E-state index contributed by atoms with van der Waals surface area (Å²) in [6.45, 7) is 6.88. The summed E-state index contributed by atoms with van der Waals surface area (Å²) in [7, 11) is 0. The van der Waals surface area contributed by atoms with E-state index in [2.05, 4.69) is 5.32 Å². The standard InChI is InChI=1S/C16H24FNO3/c1-4-6-9-20-16(19)11-21-15-8-7-13(10-14(15)17)12(3)18-5-2/h7-8,10,12,18H,4-6,9,11H2,1-3H3. The fourth-order valence-electron chi connectivity index (χ4n) is 1.84. The van der Waals surface area contributed by atoms with Crippen molar-refractivity contribution in [2.45, 2.75) is 39.7 Å². The van der Waals surface area contributed by atoms with E-state index in [1.807, 2.05) is 20.8 Å². The lowest BCUT2D eigenvalue weighted by Crippen LogP contribution is -2.18. The zero-order valence-electron chi connectivity index (χ0n) is 12.9. The molecular weight excluding hydrogens is 273 g/mol. The van der Waals surface area contributed by atoms with Gasteiger partial charge >= 0.3 is 5.97 Å². The van der Waals surface area contributed by atoms with Crippen molar-refractivity contribution in [3.63, 3.8) is 0 Å². The van der Waals surface area contributed by atoms with E-state index in [0.29, 0.717) is 6.61 Å². The highest BCUT2D eigenvalue weighted by Gasteiger charge is 2.11. The summed E-state index contributed by atoms with van der Waals surface area (Å²) < 4.78 is 24.0. The number of benzene rings is 1. The highest BCUT2D eigenvalue weighted by Crippen LogP contribution is 2.22. The van der Waals surface area contributed by atoms with Crippen molar-refractivity contribution < 1.29 is 18.7 Å². The first kappa shape index (κ1) is 17.4. The lowest BCUT2D eigenvalue weighted by molar-refractivity contribution is -0.146. The van der Waals surface area contributed by atoms with Crippen molar-refractivity contribution in [1.29, 1.82) is 0 Å². The molecule has 1 atom stereocenters. The van der Waals surface area contributed by atoms with Crippen molar-refractivity contribution in [3.8, 4) is 5.75 Å². The quantitative estimate of drug-likeness (QED) is 0.561. The molecule has 1 rings (SSSR count). The fraction of sp³-hybridized carbons (Fsp3) is 0.562. The Balaban J connectivity index is 2.51. The van der Waals surface area contributed by atoms with Gasteiger partial charge in [0.25, 0.3) is 0 Å². The molecule has 0 aliphatic carbocycles. The summed E-state index contributed by atoms with van der Waals surface area (Å²) in [5.41, 5.74) is 0.840. The first-order chi connectivity index (χ1) is 10.1. The molecule has 1 unspecified atom stereocenters. The molecule has 0 amide bonds. The van der Waals surface area contributed by atoms with E-state index in [1.165, 1.54) is 12.1 Å². The number of hydrogen-bond donors (Lipinski definition) is 1. The number of unbranched alkanes of at least 4 members (excludes halogenated alkanes) is 1. The van der Waals surface area contributed by atoms with Crippen LogP contribution >= 0.6 is 0 Å². The Kier molecular flexibility index (Phi) is 7.75. The van der Waals surface area contributed by atoms with Gasteiger partial charge in [-0.25, -0.2) is 9.18 Å². The number of hydrogen-bond acceptors (Lipinski definition) is 4. The van der Waals surface area contributed by atoms with E-state index in [1.54, 1.807) is 6.07 Å². The van der Waals surface area contributed by atoms with Crippen molar-refractivity contribution in [2.24, 2.45) is 0 Å². The summed E-state index contributed by atoms with van der Waals surface area (Å²) in [5, 5.41) is 3.21. The molecule has 0 heterocycles. The van der Waals surface area contributed by atoms with Gasteiger partial charge in [0.2, 0.25) is 0 Å². The zero-order valence-corrected chi connectivity index (χ0v) is 12.9. The van der Waals surface area contributed by atoms with Crippen LogP contribution in [0.4, 0.5) is 4.39 Å². The number of halogens is 1. The molecular formula is C16H24FNO3. The van der Waals surface area contributed by atoms with Crippen LogP contribution in [-0.4, -0.2) is 25.7 Å². The van der Waals surface area contributed by atoms with Crippen LogP contribution in [0.15, 0.2) is 18.2 Å². The van der Waals surface area contributed by atoms with Crippen LogP contribution in [0.3, 0.4) is 0 Å². The molecule has 0 bridgehead atoms. The molecule has 21 heavy (non-hydrogen) atoms. The summed E-state index contributed by atoms with van der Waals surface area (Å²) in [5.74, 6) is -0.888. The van der Waals surface area contributed by atoms with Crippen LogP contribution < -0.4 is 10.1 Å². The molecule has 0 aliphatic rings. The maximum Gasteiger partial charge on any atom is 0.344 e. The first-order valence-electron chi connectivity index (χ1n) is 7.39. The predicted octanol–water partition coefficient (Wildman–Crippen LogP) is 3.22. The second-order valence-corrected chi connectivity index (χ2v) is 4.83. The second-order valence-electron chi connectivity index (χ2n) is 4.83. The highest BCUT2D eigenvalue weighted by molar-refractivity contribution is 5.71. The van der Waals surface area contributed by atoms with Gasteiger partial charge < -0.3 is 14.8 Å². The molecule has 0 fully saturated rings. The number of rotatable bonds is 9. The monoisotopic (exact) mass is 297 g/mol. The largest absolute Gasteiger partial charge is 0.479 e. The maximum absolute atomic E-state index is 13.9. The van der Waals surface area contributed by atoms with Gasteiger partial charge in [-0.05, 0) is 37.6 Å². The van der Waals surface area contributed by atoms with Gasteiger partial charge in [0, 0.05) is 6.04 Å². The van der Waals surface area contributed by atoms with Crippen LogP contribution in [-0.2, 0) is 9.53 Å². The van der Waals surface area contributed by atoms with Crippen LogP contribution in [0.5, 0.6) is 5.75 Å². The van der Waals surface area contributed by atoms with Gasteiger partial charge in [0.15, 0.2) is 18.2 Å². The van der Waals surface area contributed by atoms with Gasteiger partial charge in [0.1, 0.15) is 0 Å². The molecule has 1 aromatic carbocycles. The van der Waals surface area contributed by atoms with E-state index in [0.717, 1.165) is 24.9 Å². The Hall–Kier alpha value is -1.62. The number of carbonyl (C=O) groups excluding carboxylic acids is 1. The van der Waals surface area contributed by atoms with Crippen LogP contribution in [0, 0.1) is 5.82 Å². The number of ether oxygens (including phenoxy) is 2. The third-order valence-corrected chi connectivity index (χ3v) is 3.07. The van der Waals surface area contributed by atoms with Gasteiger partial charge in [-0.3, -0.25) is 0 Å². The van der Waals surface area contributed by atoms with Crippen molar-refractivity contribution in [1.82, 2.24) is 5.32 Å². The number of carbonyl (C=O) groups is 1. The third kappa shape index (κ3) is 6.12. The second kappa shape index (κ2) is 9.34. The molecule has 0 radical (unpaired) electrons. The zero-order chi connectivity index (χ0) is 15.7. The molecule has 0 aromatic heterocycles. The maximum atomic E-state index is 13.9. The minimum Gasteiger partial charge on any atom is -0.479 e. The van der Waals surface area contributed by atoms with Gasteiger partial charge in [-0.1, -0.05) is 26.3 Å². The van der Waals surface area contributed by atoms with E-state index < -0.39 is 11.8 Å². The van der Waals surface area contributed by atoms with Crippen molar-refractivity contribution in [2.75, 3.05) is 19.8 Å². The third-order valence-electron chi connectivity index (χ3n) is 3.07. The Labute approximate surface area is 125 Å². The summed E-state index contributed by atoms with van der Waals surface area (Å²) in [6, 6.07) is 4.81. The summed E-state index contributed by atoms with van der Waals surface area (Å²) >= 11 is 0. The molecule has 5 heteroatoms. The van der Waals surface area contributed by atoms with E-state index >= 15 is 0 Å². The SMILES string of the molecule is CCCCOC(=O)COc1ccc(C(C)NCC)cc1F. The molecule has 118 valence electrons. The Bertz CT molecular complexity index is 451. The molecule has 0 saturated carbocycles. The molecule has 1 aromatic rings. The smallest absolute Gasteiger partial charge is 0.344 e. The topological polar surface area (TPSA) is 47.6 Å². The van der Waals surface area contributed by atoms with Crippen molar-refractivity contribution in [3.05, 3.63) is 29.6 Å². The van der Waals surface area contributed by atoms with Gasteiger partial charge in [-0.2, -0.15) is 0 Å². The van der Waals surface area contributed by atoms with E-state index in [9.17, 15) is 9.18 Å². The van der Waals surface area contributed by atoms with Crippen LogP contribution in [0.2, 0.25) is 0 Å². The molecule has 0 saturated heterocycles. The van der Waals surface area contributed by atoms with Gasteiger partial charge in [0.05, 0.1) is 6.61 Å². The minimum absolute atomic E-state index is 0.0647. The molecule has 4 nitrogen and oxygen atoms in total. The Morgan fingerprint density at radius 2 is 2.14 bits per heavy atom. The van der Waals surface area contributed by atoms with Crippen LogP contribution in [0.25, 0.3) is 0 Å². The fourth-order valence-corrected chi connectivity index (χ4v) is 1.84. The number of esters is 1. The number of nitrogens with one attached hydrogen (secondary N) is 1. The lowest BCUT2D eigenvalue weighted by Gasteiger charge is -2.14. The average molecular weight is 297 g/mol. The highest BCUT2D eigenvalue weighted by atomic mass is 19.1. The Morgan fingerprint density at radius 3 is 2.76 bits per heavy atom. The normalized spacial score (nSPS) is 12.0. The summed E-state index contributed by atoms with van der Waals surface area (Å²) in [6.07, 6.45) is 1.77. The molecule has 1 N–H and O–H groups in total. The van der Waals surface area contributed by atoms with Crippen LogP contribution in [0.1, 0.15) is 45.2 Å². The van der Waals surface area contributed by atoms with Gasteiger partial charge in [-0.15, -0.1) is 0 Å². The molecule has 0 aliphatic heterocycles. The van der Waals surface area contributed by atoms with Crippen molar-refractivity contribution >= 4 is 5.97 Å². The van der Waals surface area contributed by atoms with E-state index in [-0.39, 0.29) is 18.4 Å². The predicted molar refractivity (Wildman–Crippen MR) is 79.9 cm³/mol. The first-order valence-corrected chi connectivity index (χ1v) is 7.39. The minimum atomic E-state index is -0.479. The average Bonchev–Trinajstić information content (AvgIpc) is 2.46.